The molecule has 0 N–H and O–H groups in total. The summed E-state index contributed by atoms with van der Waals surface area (Å²) in [5.41, 5.74) is 19.4. The first kappa shape index (κ1) is 57.5. The highest BCUT2D eigenvalue weighted by atomic mass is 15.2. The van der Waals surface area contributed by atoms with Gasteiger partial charge in [-0.1, -0.05) is 286 Å². The summed E-state index contributed by atoms with van der Waals surface area (Å²) in [5, 5.41) is 7.29. The molecule has 0 saturated heterocycles. The quantitative estimate of drug-likeness (QED) is 0.0493. The topological polar surface area (TPSA) is 6.48 Å². The number of hydrogen-bond donors (Lipinski definition) is 0. The smallest absolute Gasteiger partial charge is 0.0546 e. The average molecular weight is 1120 g/mol. The summed E-state index contributed by atoms with van der Waals surface area (Å²) in [7, 11) is 0. The molecule has 2 heteroatoms. The number of nitrogens with zero attached hydrogens (tertiary/aromatic N) is 2. The minimum atomic E-state index is -0.105. The van der Waals surface area contributed by atoms with Crippen LogP contribution in [-0.2, 0) is 23.7 Å². The molecule has 0 radical (unpaired) electrons. The van der Waals surface area contributed by atoms with E-state index in [4.69, 9.17) is 0 Å². The second-order valence-corrected chi connectivity index (χ2v) is 24.8. The molecule has 0 spiro atoms. The Balaban J connectivity index is 0.962. The van der Waals surface area contributed by atoms with Gasteiger partial charge < -0.3 is 9.80 Å². The minimum Gasteiger partial charge on any atom is -0.310 e. The number of unbranched alkanes of at least 4 members (excludes halogenated alkanes) is 6. The summed E-state index contributed by atoms with van der Waals surface area (Å²) >= 11 is 0. The number of anilines is 6. The highest BCUT2D eigenvalue weighted by Gasteiger charge is 2.26. The molecule has 0 aliphatic heterocycles. The lowest BCUT2D eigenvalue weighted by Gasteiger charge is -2.30. The van der Waals surface area contributed by atoms with E-state index in [0.29, 0.717) is 0 Å². The first-order valence-electron chi connectivity index (χ1n) is 31.8. The van der Waals surface area contributed by atoms with Gasteiger partial charge in [0.05, 0.1) is 11.4 Å². The van der Waals surface area contributed by atoms with E-state index in [1.807, 2.05) is 0 Å². The van der Waals surface area contributed by atoms with Gasteiger partial charge in [-0.2, -0.15) is 0 Å². The highest BCUT2D eigenvalue weighted by Crippen LogP contribution is 2.48. The lowest BCUT2D eigenvalue weighted by Crippen LogP contribution is -2.18. The molecule has 12 aromatic rings. The molecule has 0 saturated carbocycles. The lowest BCUT2D eigenvalue weighted by molar-refractivity contribution is 0.641. The molecule has 0 bridgehead atoms. The third-order valence-corrected chi connectivity index (χ3v) is 18.5. The molecule has 0 fully saturated rings. The maximum Gasteiger partial charge on any atom is 0.0546 e. The first-order valence-corrected chi connectivity index (χ1v) is 31.8. The van der Waals surface area contributed by atoms with E-state index in [-0.39, 0.29) is 10.8 Å². The third kappa shape index (κ3) is 12.0. The molecule has 0 heterocycles. The molecule has 0 unspecified atom stereocenters. The maximum absolute atomic E-state index is 2.50. The van der Waals surface area contributed by atoms with Gasteiger partial charge in [-0.15, -0.1) is 0 Å². The Labute approximate surface area is 512 Å². The fourth-order valence-electron chi connectivity index (χ4n) is 13.1. The summed E-state index contributed by atoms with van der Waals surface area (Å²) < 4.78 is 0. The van der Waals surface area contributed by atoms with E-state index in [0.717, 1.165) is 47.0 Å². The Morgan fingerprint density at radius 2 is 0.535 bits per heavy atom. The highest BCUT2D eigenvalue weighted by molar-refractivity contribution is 6.24. The van der Waals surface area contributed by atoms with Gasteiger partial charge in [0.25, 0.3) is 0 Å². The van der Waals surface area contributed by atoms with Crippen molar-refractivity contribution in [2.45, 2.75) is 117 Å². The Morgan fingerprint density at radius 3 is 0.860 bits per heavy atom. The third-order valence-electron chi connectivity index (χ3n) is 18.5. The van der Waals surface area contributed by atoms with Crippen molar-refractivity contribution in [3.8, 4) is 22.3 Å². The van der Waals surface area contributed by atoms with Crippen molar-refractivity contribution in [1.82, 2.24) is 0 Å². The van der Waals surface area contributed by atoms with Gasteiger partial charge in [-0.3, -0.25) is 0 Å². The largest absolute Gasteiger partial charge is 0.310 e. The van der Waals surface area contributed by atoms with E-state index in [9.17, 15) is 0 Å². The second kappa shape index (κ2) is 25.7. The van der Waals surface area contributed by atoms with Crippen LogP contribution in [0.15, 0.2) is 267 Å². The Kier molecular flexibility index (Phi) is 17.2. The summed E-state index contributed by atoms with van der Waals surface area (Å²) in [6.45, 7) is 13.8. The van der Waals surface area contributed by atoms with E-state index in [1.165, 1.54) is 139 Å². The fourth-order valence-corrected chi connectivity index (χ4v) is 13.1. The van der Waals surface area contributed by atoms with Crippen LogP contribution in [0.4, 0.5) is 34.1 Å². The van der Waals surface area contributed by atoms with Crippen molar-refractivity contribution >= 4 is 66.4 Å². The van der Waals surface area contributed by atoms with Crippen molar-refractivity contribution in [2.75, 3.05) is 9.80 Å². The molecule has 86 heavy (non-hydrogen) atoms. The monoisotopic (exact) mass is 1120 g/mol. The van der Waals surface area contributed by atoms with Gasteiger partial charge in [0, 0.05) is 44.4 Å². The van der Waals surface area contributed by atoms with Crippen LogP contribution >= 0.6 is 0 Å². The second-order valence-electron chi connectivity index (χ2n) is 24.8. The molecule has 0 aliphatic rings. The molecular formula is C84H82N2. The summed E-state index contributed by atoms with van der Waals surface area (Å²) in [5.74, 6) is 0. The zero-order chi connectivity index (χ0) is 59.0. The maximum atomic E-state index is 2.50. The number of aryl methyl sites for hydroxylation is 2. The van der Waals surface area contributed by atoms with E-state index >= 15 is 0 Å². The van der Waals surface area contributed by atoms with Crippen molar-refractivity contribution in [2.24, 2.45) is 0 Å². The molecule has 12 aromatic carbocycles. The van der Waals surface area contributed by atoms with Gasteiger partial charge in [0.1, 0.15) is 0 Å². The van der Waals surface area contributed by atoms with Crippen molar-refractivity contribution in [1.29, 1.82) is 0 Å². The van der Waals surface area contributed by atoms with E-state index < -0.39 is 0 Å². The molecule has 428 valence electrons. The molecule has 2 nitrogen and oxygen atoms in total. The van der Waals surface area contributed by atoms with Crippen molar-refractivity contribution in [3.05, 3.63) is 300 Å². The van der Waals surface area contributed by atoms with Crippen LogP contribution in [-0.4, -0.2) is 0 Å². The van der Waals surface area contributed by atoms with Gasteiger partial charge in [0.2, 0.25) is 0 Å². The normalized spacial score (nSPS) is 11.8. The molecule has 0 amide bonds. The van der Waals surface area contributed by atoms with Crippen LogP contribution < -0.4 is 9.80 Å². The van der Waals surface area contributed by atoms with Gasteiger partial charge >= 0.3 is 0 Å². The average Bonchev–Trinajstić information content (AvgIpc) is 1.27. The number of hydrogen-bond acceptors (Lipinski definition) is 2. The van der Waals surface area contributed by atoms with E-state index in [1.54, 1.807) is 0 Å². The zero-order valence-corrected chi connectivity index (χ0v) is 51.4. The Bertz CT molecular complexity index is 3900. The summed E-state index contributed by atoms with van der Waals surface area (Å²) in [6.07, 6.45) is 12.2. The van der Waals surface area contributed by atoms with E-state index in [2.05, 4.69) is 318 Å². The molecule has 0 atom stereocenters. The molecule has 0 aliphatic carbocycles. The molecule has 0 aromatic heterocycles. The number of benzene rings is 12. The summed E-state index contributed by atoms with van der Waals surface area (Å²) in [4.78, 5) is 4.99. The van der Waals surface area contributed by atoms with Gasteiger partial charge in [-0.05, 0) is 164 Å². The van der Waals surface area contributed by atoms with Gasteiger partial charge in [0.15, 0.2) is 0 Å². The summed E-state index contributed by atoms with van der Waals surface area (Å²) in [6, 6.07) is 100. The number of rotatable bonds is 22. The SMILES string of the molecule is CCCCCCc1ccc(N(c2ccc(-c3ccc(C(C)(C)c4ccccc4)cc3)cc2)c2cc3c4ccccc4c(N(c4ccc(CCCCCC)cc4)c4ccc(-c5ccc(C(C)(C)c6ccccc6)cc5)cc4)cc3c3ccccc23)cc1. The van der Waals surface area contributed by atoms with Crippen LogP contribution in [0.5, 0.6) is 0 Å². The molecular weight excluding hydrogens is 1040 g/mol. The van der Waals surface area contributed by atoms with Crippen LogP contribution in [0, 0.1) is 0 Å². The molecule has 12 rings (SSSR count). The Hall–Kier alpha value is -8.98. The van der Waals surface area contributed by atoms with Crippen LogP contribution in [0.2, 0.25) is 0 Å². The van der Waals surface area contributed by atoms with Crippen molar-refractivity contribution in [3.63, 3.8) is 0 Å². The van der Waals surface area contributed by atoms with Crippen LogP contribution in [0.1, 0.15) is 126 Å². The van der Waals surface area contributed by atoms with Gasteiger partial charge in [-0.25, -0.2) is 0 Å². The van der Waals surface area contributed by atoms with Crippen LogP contribution in [0.25, 0.3) is 54.6 Å². The minimum absolute atomic E-state index is 0.105. The fraction of sp³-hybridized carbons (Fsp3) is 0.214. The van der Waals surface area contributed by atoms with Crippen LogP contribution in [0.3, 0.4) is 0 Å². The number of fused-ring (bicyclic) bond motifs is 5. The predicted octanol–water partition coefficient (Wildman–Crippen LogP) is 24.3. The standard InChI is InChI=1S/C84H82N2/c1-7-9-11-15-25-61-35-51-71(52-36-61)85(73-55-43-65(44-56-73)63-39-47-69(48-40-63)83(3,4)67-27-17-13-18-28-67)81-59-79-76-32-22-24-34-78(76)82(60-80(79)75-31-21-23-33-77(75)81)86(72-53-37-62(38-54-72)26-16-12-10-8-2)74-57-45-66(46-58-74)64-41-49-70(50-42-64)84(5,6)68-29-19-14-20-30-68/h13-14,17-24,27-60H,7-12,15-16,25-26H2,1-6H3. The first-order chi connectivity index (χ1) is 42.1. The predicted molar refractivity (Wildman–Crippen MR) is 372 cm³/mol. The Morgan fingerprint density at radius 1 is 0.256 bits per heavy atom. The lowest BCUT2D eigenvalue weighted by atomic mass is 9.78. The zero-order valence-electron chi connectivity index (χ0n) is 51.4. The van der Waals surface area contributed by atoms with Crippen molar-refractivity contribution < 1.29 is 0 Å².